The summed E-state index contributed by atoms with van der Waals surface area (Å²) in [7, 11) is 0. The Morgan fingerprint density at radius 3 is 2.68 bits per heavy atom. The van der Waals surface area contributed by atoms with Crippen LogP contribution in [0.2, 0.25) is 0 Å². The molecule has 3 rings (SSSR count). The van der Waals surface area contributed by atoms with Gasteiger partial charge in [0.05, 0.1) is 4.92 Å². The first-order chi connectivity index (χ1) is 12.0. The Morgan fingerprint density at radius 2 is 1.96 bits per heavy atom. The van der Waals surface area contributed by atoms with Crippen LogP contribution in [0.3, 0.4) is 0 Å². The lowest BCUT2D eigenvalue weighted by atomic mass is 9.98. The molecule has 0 saturated heterocycles. The third kappa shape index (κ3) is 4.04. The second-order valence-electron chi connectivity index (χ2n) is 6.45. The highest BCUT2D eigenvalue weighted by atomic mass is 16.6. The van der Waals surface area contributed by atoms with Crippen molar-refractivity contribution in [1.29, 1.82) is 0 Å². The predicted molar refractivity (Wildman–Crippen MR) is 95.4 cm³/mol. The van der Waals surface area contributed by atoms with Gasteiger partial charge in [0, 0.05) is 5.69 Å². The molecule has 0 unspecified atom stereocenters. The van der Waals surface area contributed by atoms with Gasteiger partial charge in [-0.25, -0.2) is 4.98 Å². The van der Waals surface area contributed by atoms with Crippen LogP contribution in [-0.2, 0) is 0 Å². The molecule has 7 heteroatoms. The highest BCUT2D eigenvalue weighted by molar-refractivity contribution is 5.70. The summed E-state index contributed by atoms with van der Waals surface area (Å²) in [5, 5.41) is 14.7. The van der Waals surface area contributed by atoms with E-state index in [2.05, 4.69) is 15.3 Å². The number of benzene rings is 1. The topological polar surface area (TPSA) is 90.2 Å². The lowest BCUT2D eigenvalue weighted by Gasteiger charge is -2.22. The van der Waals surface area contributed by atoms with Crippen LogP contribution in [0.4, 0.5) is 17.2 Å². The van der Waals surface area contributed by atoms with Crippen molar-refractivity contribution >= 4 is 17.2 Å². The van der Waals surface area contributed by atoms with Crippen LogP contribution in [0.1, 0.15) is 43.2 Å². The second-order valence-corrected chi connectivity index (χ2v) is 6.45. The smallest absolute Gasteiger partial charge is 0.373 e. The molecule has 1 aliphatic rings. The quantitative estimate of drug-likeness (QED) is 0.637. The predicted octanol–water partition coefficient (Wildman–Crippen LogP) is 4.46. The Hall–Kier alpha value is -2.70. The zero-order valence-corrected chi connectivity index (χ0v) is 14.5. The summed E-state index contributed by atoms with van der Waals surface area (Å²) in [6.07, 6.45) is 6.44. The van der Waals surface area contributed by atoms with Crippen LogP contribution in [-0.4, -0.2) is 21.0 Å². The summed E-state index contributed by atoms with van der Waals surface area (Å²) in [6, 6.07) is 5.89. The van der Waals surface area contributed by atoms with E-state index in [4.69, 9.17) is 4.74 Å². The summed E-state index contributed by atoms with van der Waals surface area (Å²) in [4.78, 5) is 19.2. The Balaban J connectivity index is 1.92. The van der Waals surface area contributed by atoms with Gasteiger partial charge in [-0.05, 0) is 56.7 Å². The number of anilines is 2. The Morgan fingerprint density at radius 1 is 1.20 bits per heavy atom. The molecule has 1 fully saturated rings. The zero-order chi connectivity index (χ0) is 17.8. The van der Waals surface area contributed by atoms with Gasteiger partial charge in [0.25, 0.3) is 5.88 Å². The first-order valence-corrected chi connectivity index (χ1v) is 8.55. The minimum Gasteiger partial charge on any atom is -0.469 e. The number of aryl methyl sites for hydroxylation is 2. The third-order valence-corrected chi connectivity index (χ3v) is 4.45. The molecule has 2 aromatic rings. The fraction of sp³-hybridized carbons (Fsp3) is 0.444. The number of nitrogens with one attached hydrogen (secondary N) is 1. The van der Waals surface area contributed by atoms with Crippen molar-refractivity contribution in [1.82, 2.24) is 9.97 Å². The molecule has 0 amide bonds. The molecule has 1 aliphatic carbocycles. The molecule has 1 saturated carbocycles. The van der Waals surface area contributed by atoms with Crippen LogP contribution >= 0.6 is 0 Å². The van der Waals surface area contributed by atoms with Gasteiger partial charge < -0.3 is 10.1 Å². The van der Waals surface area contributed by atoms with Crippen LogP contribution in [0.15, 0.2) is 24.5 Å². The number of aromatic nitrogens is 2. The molecule has 1 aromatic heterocycles. The van der Waals surface area contributed by atoms with Crippen molar-refractivity contribution in [3.05, 3.63) is 45.8 Å². The molecule has 7 nitrogen and oxygen atoms in total. The summed E-state index contributed by atoms with van der Waals surface area (Å²) < 4.78 is 5.85. The zero-order valence-electron chi connectivity index (χ0n) is 14.5. The van der Waals surface area contributed by atoms with Gasteiger partial charge in [-0.15, -0.1) is 0 Å². The Labute approximate surface area is 146 Å². The van der Waals surface area contributed by atoms with Gasteiger partial charge >= 0.3 is 5.69 Å². The lowest BCUT2D eigenvalue weighted by Crippen LogP contribution is -2.21. The van der Waals surface area contributed by atoms with E-state index >= 15 is 0 Å². The van der Waals surface area contributed by atoms with Crippen molar-refractivity contribution in [2.75, 3.05) is 5.32 Å². The van der Waals surface area contributed by atoms with E-state index < -0.39 is 4.92 Å². The fourth-order valence-electron chi connectivity index (χ4n) is 3.04. The summed E-state index contributed by atoms with van der Waals surface area (Å²) in [5.74, 6) is 0.194. The largest absolute Gasteiger partial charge is 0.469 e. The molecule has 25 heavy (non-hydrogen) atoms. The molecular formula is C18H22N4O3. The van der Waals surface area contributed by atoms with E-state index in [-0.39, 0.29) is 23.5 Å². The van der Waals surface area contributed by atoms with E-state index in [0.717, 1.165) is 42.5 Å². The second kappa shape index (κ2) is 7.46. The molecule has 1 N–H and O–H groups in total. The molecule has 0 radical (unpaired) electrons. The van der Waals surface area contributed by atoms with E-state index in [1.54, 1.807) is 0 Å². The maximum absolute atomic E-state index is 11.6. The van der Waals surface area contributed by atoms with E-state index in [9.17, 15) is 10.1 Å². The molecule has 0 atom stereocenters. The van der Waals surface area contributed by atoms with Crippen LogP contribution in [0.5, 0.6) is 5.88 Å². The van der Waals surface area contributed by atoms with Crippen molar-refractivity contribution in [3.63, 3.8) is 0 Å². The monoisotopic (exact) mass is 342 g/mol. The van der Waals surface area contributed by atoms with Crippen molar-refractivity contribution in [3.8, 4) is 5.88 Å². The first-order valence-electron chi connectivity index (χ1n) is 8.55. The molecule has 0 bridgehead atoms. The van der Waals surface area contributed by atoms with E-state index in [1.807, 2.05) is 32.0 Å². The van der Waals surface area contributed by atoms with Gasteiger partial charge in [0.15, 0.2) is 0 Å². The molecule has 0 aliphatic heterocycles. The molecule has 1 heterocycles. The maximum atomic E-state index is 11.6. The standard InChI is InChI=1S/C18H22N4O3/c1-12-8-9-13(2)15(10-12)21-17-16(22(23)24)18(20-11-19-17)25-14-6-4-3-5-7-14/h8-11,14H,3-7H2,1-2H3,(H,19,20,21). The van der Waals surface area contributed by atoms with E-state index in [1.165, 1.54) is 12.7 Å². The average Bonchev–Trinajstić information content (AvgIpc) is 2.59. The lowest BCUT2D eigenvalue weighted by molar-refractivity contribution is -0.385. The van der Waals surface area contributed by atoms with Gasteiger partial charge in [-0.3, -0.25) is 10.1 Å². The maximum Gasteiger partial charge on any atom is 0.373 e. The number of ether oxygens (including phenoxy) is 1. The number of hydrogen-bond donors (Lipinski definition) is 1. The number of nitrogens with zero attached hydrogens (tertiary/aromatic N) is 3. The number of nitro groups is 1. The normalized spacial score (nSPS) is 15.0. The van der Waals surface area contributed by atoms with E-state index in [0.29, 0.717) is 0 Å². The third-order valence-electron chi connectivity index (χ3n) is 4.45. The highest BCUT2D eigenvalue weighted by Crippen LogP contribution is 2.35. The Kier molecular flexibility index (Phi) is 5.11. The molecule has 0 spiro atoms. The van der Waals surface area contributed by atoms with Gasteiger partial charge in [-0.1, -0.05) is 18.6 Å². The van der Waals surface area contributed by atoms with Crippen LogP contribution in [0.25, 0.3) is 0 Å². The summed E-state index contributed by atoms with van der Waals surface area (Å²) in [5.41, 5.74) is 2.61. The van der Waals surface area contributed by atoms with Gasteiger partial charge in [-0.2, -0.15) is 4.98 Å². The van der Waals surface area contributed by atoms with Crippen LogP contribution in [0, 0.1) is 24.0 Å². The molecule has 1 aromatic carbocycles. The summed E-state index contributed by atoms with van der Waals surface area (Å²) in [6.45, 7) is 3.91. The van der Waals surface area contributed by atoms with Crippen molar-refractivity contribution < 1.29 is 9.66 Å². The molecular weight excluding hydrogens is 320 g/mol. The van der Waals surface area contributed by atoms with Crippen molar-refractivity contribution in [2.24, 2.45) is 0 Å². The minimum atomic E-state index is -0.481. The summed E-state index contributed by atoms with van der Waals surface area (Å²) >= 11 is 0. The first kappa shape index (κ1) is 17.1. The minimum absolute atomic E-state index is 0.0177. The SMILES string of the molecule is Cc1ccc(C)c(Nc2ncnc(OC3CCCCC3)c2[N+](=O)[O-])c1. The van der Waals surface area contributed by atoms with Gasteiger partial charge in [0.1, 0.15) is 12.4 Å². The number of hydrogen-bond acceptors (Lipinski definition) is 6. The van der Waals surface area contributed by atoms with Gasteiger partial charge in [0.2, 0.25) is 5.82 Å². The highest BCUT2D eigenvalue weighted by Gasteiger charge is 2.27. The average molecular weight is 342 g/mol. The van der Waals surface area contributed by atoms with Crippen LogP contribution < -0.4 is 10.1 Å². The molecule has 132 valence electrons. The van der Waals surface area contributed by atoms with Crippen molar-refractivity contribution in [2.45, 2.75) is 52.1 Å². The number of rotatable bonds is 5. The fourth-order valence-corrected chi connectivity index (χ4v) is 3.04. The Bertz CT molecular complexity index is 773.